The molecular weight excluding hydrogens is 462 g/mol. The average molecular weight is 474 g/mol. The van der Waals surface area contributed by atoms with Crippen molar-refractivity contribution in [3.63, 3.8) is 0 Å². The molecule has 0 radical (unpaired) electrons. The third kappa shape index (κ3) is 6.06. The summed E-state index contributed by atoms with van der Waals surface area (Å²) >= 11 is -0.385. The van der Waals surface area contributed by atoms with Crippen molar-refractivity contribution in [1.29, 1.82) is 0 Å². The van der Waals surface area contributed by atoms with Gasteiger partial charge in [-0.3, -0.25) is 9.59 Å². The summed E-state index contributed by atoms with van der Waals surface area (Å²) in [6.45, 7) is 0. The fourth-order valence-corrected chi connectivity index (χ4v) is 3.11. The fraction of sp³-hybridized carbons (Fsp3) is 0.100. The van der Waals surface area contributed by atoms with Crippen molar-refractivity contribution in [2.24, 2.45) is 0 Å². The van der Waals surface area contributed by atoms with Crippen LogP contribution in [0.5, 0.6) is 0 Å². The van der Waals surface area contributed by atoms with E-state index >= 15 is 0 Å². The first-order valence-corrected chi connectivity index (χ1v) is 9.47. The van der Waals surface area contributed by atoms with E-state index < -0.39 is 34.7 Å². The van der Waals surface area contributed by atoms with Crippen LogP contribution in [0.4, 0.5) is 37.7 Å². The lowest BCUT2D eigenvalue weighted by atomic mass is 10.1. The Kier molecular flexibility index (Phi) is 6.53. The Morgan fingerprint density at radius 2 is 1.53 bits per heavy atom. The van der Waals surface area contributed by atoms with E-state index in [1.165, 1.54) is 18.4 Å². The second-order valence-electron chi connectivity index (χ2n) is 6.22. The van der Waals surface area contributed by atoms with Gasteiger partial charge < -0.3 is 15.1 Å². The van der Waals surface area contributed by atoms with Crippen LogP contribution in [0.3, 0.4) is 0 Å². The van der Waals surface area contributed by atoms with Crippen molar-refractivity contribution in [2.45, 2.75) is 16.6 Å². The Balaban J connectivity index is 1.79. The highest BCUT2D eigenvalue weighted by atomic mass is 32.2. The lowest BCUT2D eigenvalue weighted by molar-refractivity contribution is -0.136. The Morgan fingerprint density at radius 3 is 2.09 bits per heavy atom. The number of furan rings is 1. The van der Waals surface area contributed by atoms with Gasteiger partial charge in [0.25, 0.3) is 11.8 Å². The first-order valence-electron chi connectivity index (χ1n) is 8.65. The molecule has 1 heterocycles. The third-order valence-corrected chi connectivity index (χ3v) is 4.67. The summed E-state index contributed by atoms with van der Waals surface area (Å²) in [6.07, 6.45) is -3.65. The van der Waals surface area contributed by atoms with Gasteiger partial charge in [-0.2, -0.15) is 26.3 Å². The van der Waals surface area contributed by atoms with Crippen LogP contribution in [0, 0.1) is 0 Å². The largest absolute Gasteiger partial charge is 0.459 e. The highest BCUT2D eigenvalue weighted by Crippen LogP contribution is 2.38. The summed E-state index contributed by atoms with van der Waals surface area (Å²) < 4.78 is 82.5. The van der Waals surface area contributed by atoms with Crippen LogP contribution in [-0.4, -0.2) is 17.3 Å². The number of alkyl halides is 6. The van der Waals surface area contributed by atoms with Gasteiger partial charge in [-0.25, -0.2) is 0 Å². The molecule has 2 amide bonds. The molecule has 2 N–H and O–H groups in total. The van der Waals surface area contributed by atoms with Crippen molar-refractivity contribution >= 4 is 35.0 Å². The van der Waals surface area contributed by atoms with Crippen molar-refractivity contribution in [1.82, 2.24) is 0 Å². The molecule has 5 nitrogen and oxygen atoms in total. The Morgan fingerprint density at radius 1 is 0.844 bits per heavy atom. The number of hydrogen-bond donors (Lipinski definition) is 2. The number of anilines is 2. The van der Waals surface area contributed by atoms with E-state index in [1.54, 1.807) is 0 Å². The smallest absolute Gasteiger partial charge is 0.446 e. The lowest BCUT2D eigenvalue weighted by Gasteiger charge is -2.16. The number of halogens is 6. The van der Waals surface area contributed by atoms with Crippen LogP contribution in [0.2, 0.25) is 0 Å². The molecule has 0 fully saturated rings. The van der Waals surface area contributed by atoms with E-state index in [-0.39, 0.29) is 33.7 Å². The van der Waals surface area contributed by atoms with Gasteiger partial charge in [-0.15, -0.1) is 0 Å². The molecule has 0 saturated heterocycles. The van der Waals surface area contributed by atoms with Crippen LogP contribution in [-0.2, 0) is 6.18 Å². The maximum atomic E-state index is 13.5. The fourth-order valence-electron chi connectivity index (χ4n) is 2.57. The normalized spacial score (nSPS) is 11.8. The number of amides is 2. The van der Waals surface area contributed by atoms with E-state index in [0.717, 1.165) is 36.4 Å². The standard InChI is InChI=1S/C20H12F6N2O3S/c21-19(22,23)14-10-12(27-18(30)16-2-1-9-31-16)5-8-15(14)28-17(29)11-3-6-13(7-4-11)32-20(24,25)26/h1-10H,(H,27,30)(H,28,29). The number of carbonyl (C=O) groups is 2. The van der Waals surface area contributed by atoms with Gasteiger partial charge in [0, 0.05) is 16.1 Å². The average Bonchev–Trinajstić information content (AvgIpc) is 3.22. The molecule has 3 rings (SSSR count). The molecule has 0 aliphatic carbocycles. The maximum absolute atomic E-state index is 13.5. The van der Waals surface area contributed by atoms with Crippen LogP contribution >= 0.6 is 11.8 Å². The molecule has 2 aromatic carbocycles. The highest BCUT2D eigenvalue weighted by Gasteiger charge is 2.35. The Hall–Kier alpha value is -3.41. The summed E-state index contributed by atoms with van der Waals surface area (Å²) in [5, 5.41) is 4.34. The molecule has 0 atom stereocenters. The quantitative estimate of drug-likeness (QED) is 0.331. The summed E-state index contributed by atoms with van der Waals surface area (Å²) in [6, 6.07) is 9.69. The minimum absolute atomic E-state index is 0.108. The molecule has 0 bridgehead atoms. The molecule has 12 heteroatoms. The minimum atomic E-state index is -4.87. The number of carbonyl (C=O) groups excluding carboxylic acids is 2. The molecule has 0 saturated carbocycles. The molecule has 0 unspecified atom stereocenters. The predicted molar refractivity (Wildman–Crippen MR) is 104 cm³/mol. The van der Waals surface area contributed by atoms with E-state index in [9.17, 15) is 35.9 Å². The number of nitrogens with one attached hydrogen (secondary N) is 2. The summed E-state index contributed by atoms with van der Waals surface area (Å²) in [5.41, 5.74) is -6.66. The van der Waals surface area contributed by atoms with Gasteiger partial charge >= 0.3 is 11.7 Å². The van der Waals surface area contributed by atoms with Crippen molar-refractivity contribution in [2.75, 3.05) is 10.6 Å². The zero-order chi connectivity index (χ0) is 23.5. The molecule has 1 aromatic heterocycles. The molecule has 32 heavy (non-hydrogen) atoms. The van der Waals surface area contributed by atoms with Gasteiger partial charge in [0.1, 0.15) is 0 Å². The van der Waals surface area contributed by atoms with E-state index in [2.05, 4.69) is 10.6 Å². The number of hydrogen-bond acceptors (Lipinski definition) is 4. The van der Waals surface area contributed by atoms with Crippen LogP contribution < -0.4 is 10.6 Å². The van der Waals surface area contributed by atoms with Gasteiger partial charge in [-0.1, -0.05) is 0 Å². The zero-order valence-corrected chi connectivity index (χ0v) is 16.5. The van der Waals surface area contributed by atoms with Gasteiger partial charge in [0.2, 0.25) is 0 Å². The predicted octanol–water partition coefficient (Wildman–Crippen LogP) is 6.41. The first-order chi connectivity index (χ1) is 14.9. The highest BCUT2D eigenvalue weighted by molar-refractivity contribution is 8.00. The molecule has 0 spiro atoms. The Bertz CT molecular complexity index is 1110. The van der Waals surface area contributed by atoms with E-state index in [1.807, 2.05) is 0 Å². The van der Waals surface area contributed by atoms with Gasteiger partial charge in [-0.05, 0) is 66.4 Å². The minimum Gasteiger partial charge on any atom is -0.459 e. The number of benzene rings is 2. The summed E-state index contributed by atoms with van der Waals surface area (Å²) in [5.74, 6) is -1.83. The van der Waals surface area contributed by atoms with Crippen LogP contribution in [0.15, 0.2) is 70.2 Å². The number of rotatable bonds is 5. The number of thioether (sulfide) groups is 1. The zero-order valence-electron chi connectivity index (χ0n) is 15.7. The molecule has 168 valence electrons. The molecular formula is C20H12F6N2O3S. The van der Waals surface area contributed by atoms with Crippen molar-refractivity contribution in [3.8, 4) is 0 Å². The van der Waals surface area contributed by atoms with Crippen molar-refractivity contribution in [3.05, 3.63) is 77.7 Å². The van der Waals surface area contributed by atoms with Gasteiger partial charge in [0.05, 0.1) is 17.5 Å². The Labute approximate surface area is 180 Å². The maximum Gasteiger partial charge on any atom is 0.446 e. The van der Waals surface area contributed by atoms with Crippen molar-refractivity contribution < 1.29 is 40.3 Å². The van der Waals surface area contributed by atoms with Crippen LogP contribution in [0.25, 0.3) is 0 Å². The van der Waals surface area contributed by atoms with E-state index in [0.29, 0.717) is 6.07 Å². The first kappa shape index (κ1) is 23.3. The SMILES string of the molecule is O=C(Nc1ccc(NC(=O)c2ccco2)cc1C(F)(F)F)c1ccc(SC(F)(F)F)cc1. The topological polar surface area (TPSA) is 71.3 Å². The lowest BCUT2D eigenvalue weighted by Crippen LogP contribution is -2.18. The molecule has 3 aromatic rings. The summed E-state index contributed by atoms with van der Waals surface area (Å²) in [7, 11) is 0. The second kappa shape index (κ2) is 8.99. The van der Waals surface area contributed by atoms with E-state index in [4.69, 9.17) is 4.42 Å². The second-order valence-corrected chi connectivity index (χ2v) is 7.35. The monoisotopic (exact) mass is 474 g/mol. The molecule has 0 aliphatic rings. The summed E-state index contributed by atoms with van der Waals surface area (Å²) in [4.78, 5) is 24.1. The molecule has 0 aliphatic heterocycles. The third-order valence-electron chi connectivity index (χ3n) is 3.93. The van der Waals surface area contributed by atoms with Crippen LogP contribution in [0.1, 0.15) is 26.5 Å². The van der Waals surface area contributed by atoms with Gasteiger partial charge in [0.15, 0.2) is 5.76 Å².